The molecule has 2 aromatic carbocycles. The topological polar surface area (TPSA) is 174 Å². The van der Waals surface area contributed by atoms with Crippen LogP contribution in [-0.2, 0) is 30.2 Å². The minimum Gasteiger partial charge on any atom is -0.460 e. The number of anilines is 1. The fraction of sp³-hybridized carbons (Fsp3) is 0.379. The number of aliphatic imine (C=N–C) groups is 1. The van der Waals surface area contributed by atoms with E-state index in [9.17, 15) is 24.0 Å². The van der Waals surface area contributed by atoms with Gasteiger partial charge in [-0.25, -0.2) is 14.6 Å². The average molecular weight is 653 g/mol. The number of alkyl carbamates (subject to hydrolysis) is 2. The van der Waals surface area contributed by atoms with E-state index in [1.54, 1.807) is 40.7 Å². The number of carbonyl (C=O) groups excluding carboxylic acids is 5. The number of aryl methyl sites for hydroxylation is 1. The number of esters is 1. The number of benzene rings is 2. The van der Waals surface area contributed by atoms with E-state index in [-0.39, 0.29) is 54.0 Å². The summed E-state index contributed by atoms with van der Waals surface area (Å²) in [6.07, 6.45) is -1.50. The third-order valence-electron chi connectivity index (χ3n) is 5.17. The molecule has 15 heteroatoms. The summed E-state index contributed by atoms with van der Waals surface area (Å²) in [4.78, 5) is 65.7. The van der Waals surface area contributed by atoms with Crippen LogP contribution in [-0.4, -0.2) is 61.3 Å². The van der Waals surface area contributed by atoms with Crippen LogP contribution in [0.2, 0.25) is 10.0 Å². The van der Waals surface area contributed by atoms with Crippen LogP contribution in [0.3, 0.4) is 0 Å². The van der Waals surface area contributed by atoms with Gasteiger partial charge < -0.3 is 24.8 Å². The van der Waals surface area contributed by atoms with Crippen LogP contribution in [0.15, 0.2) is 41.4 Å². The van der Waals surface area contributed by atoms with E-state index >= 15 is 0 Å². The second kappa shape index (κ2) is 17.1. The maximum Gasteiger partial charge on any atom is 0.413 e. The monoisotopic (exact) mass is 651 g/mol. The lowest BCUT2D eigenvalue weighted by atomic mass is 10.1. The van der Waals surface area contributed by atoms with Crippen LogP contribution in [0.1, 0.15) is 57.0 Å². The summed E-state index contributed by atoms with van der Waals surface area (Å²) < 4.78 is 15.0. The van der Waals surface area contributed by atoms with E-state index in [0.717, 1.165) is 0 Å². The Morgan fingerprint density at radius 3 is 2.14 bits per heavy atom. The van der Waals surface area contributed by atoms with Crippen molar-refractivity contribution >= 4 is 70.5 Å². The molecular weight excluding hydrogens is 617 g/mol. The predicted octanol–water partition coefficient (Wildman–Crippen LogP) is 5.12. The van der Waals surface area contributed by atoms with Crippen molar-refractivity contribution in [2.75, 3.05) is 25.1 Å². The summed E-state index contributed by atoms with van der Waals surface area (Å²) in [5, 5.41) is 10.2. The predicted molar refractivity (Wildman–Crippen MR) is 165 cm³/mol. The van der Waals surface area contributed by atoms with Crippen LogP contribution in [0, 0.1) is 0 Å². The normalized spacial score (nSPS) is 10.6. The smallest absolute Gasteiger partial charge is 0.413 e. The van der Waals surface area contributed by atoms with Crippen molar-refractivity contribution in [1.29, 1.82) is 0 Å². The summed E-state index contributed by atoms with van der Waals surface area (Å²) in [7, 11) is 0. The quantitative estimate of drug-likeness (QED) is 0.119. The van der Waals surface area contributed by atoms with Crippen LogP contribution in [0.5, 0.6) is 0 Å². The third kappa shape index (κ3) is 12.9. The van der Waals surface area contributed by atoms with E-state index < -0.39 is 42.1 Å². The van der Waals surface area contributed by atoms with Gasteiger partial charge in [-0.1, -0.05) is 29.3 Å². The van der Waals surface area contributed by atoms with E-state index in [0.29, 0.717) is 10.6 Å². The number of rotatable bonds is 10. The molecule has 0 aromatic heterocycles. The first kappa shape index (κ1) is 35.8. The van der Waals surface area contributed by atoms with Gasteiger partial charge in [0.2, 0.25) is 11.9 Å². The van der Waals surface area contributed by atoms with Gasteiger partial charge in [-0.05, 0) is 76.9 Å². The molecule has 13 nitrogen and oxygen atoms in total. The maximum absolute atomic E-state index is 12.8. The van der Waals surface area contributed by atoms with Gasteiger partial charge in [0, 0.05) is 17.0 Å². The molecule has 0 heterocycles. The SMILES string of the molecule is CCOC(=O)NC(=Nc1cccc(C(=O)NCC(=O)Nc2c(Cl)cc(Cl)cc2CCC(=O)OC(C)(C)C)c1)NC(=O)OCC. The number of hydrogen-bond acceptors (Lipinski definition) is 9. The number of nitrogens with one attached hydrogen (secondary N) is 4. The Hall–Kier alpha value is -4.36. The fourth-order valence-corrected chi connectivity index (χ4v) is 4.08. The first-order valence-electron chi connectivity index (χ1n) is 13.5. The van der Waals surface area contributed by atoms with Crippen LogP contribution in [0.4, 0.5) is 21.0 Å². The Morgan fingerprint density at radius 2 is 1.55 bits per heavy atom. The third-order valence-corrected chi connectivity index (χ3v) is 5.69. The van der Waals surface area contributed by atoms with Gasteiger partial charge in [0.15, 0.2) is 0 Å². The Morgan fingerprint density at radius 1 is 0.909 bits per heavy atom. The lowest BCUT2D eigenvalue weighted by Crippen LogP contribution is -2.44. The van der Waals surface area contributed by atoms with Gasteiger partial charge in [-0.3, -0.25) is 25.0 Å². The van der Waals surface area contributed by atoms with Gasteiger partial charge in [0.25, 0.3) is 5.91 Å². The second-order valence-corrected chi connectivity index (χ2v) is 10.8. The summed E-state index contributed by atoms with van der Waals surface area (Å²) in [6, 6.07) is 8.92. The molecule has 238 valence electrons. The molecule has 0 atom stereocenters. The highest BCUT2D eigenvalue weighted by molar-refractivity contribution is 6.37. The molecule has 0 aliphatic heterocycles. The van der Waals surface area contributed by atoms with Crippen LogP contribution < -0.4 is 21.3 Å². The highest BCUT2D eigenvalue weighted by Crippen LogP contribution is 2.31. The standard InChI is InChI=1S/C29H35Cl2N5O8/c1-6-42-27(40)35-26(36-28(41)43-7-2)33-20-10-8-9-18(14-20)25(39)32-16-22(37)34-24-17(13-19(30)15-21(24)31)11-12-23(38)44-29(3,4)5/h8-10,13-15H,6-7,11-12,16H2,1-5H3,(H,32,39)(H,34,37)(H2,33,35,36,40,41). The number of nitrogens with zero attached hydrogens (tertiary/aromatic N) is 1. The Bertz CT molecular complexity index is 1390. The molecule has 0 aliphatic rings. The highest BCUT2D eigenvalue weighted by Gasteiger charge is 2.19. The summed E-state index contributed by atoms with van der Waals surface area (Å²) in [5.74, 6) is -1.91. The first-order chi connectivity index (χ1) is 20.7. The molecule has 2 aromatic rings. The molecule has 2 rings (SSSR count). The molecule has 0 radical (unpaired) electrons. The fourth-order valence-electron chi connectivity index (χ4n) is 3.50. The molecular formula is C29H35Cl2N5O8. The number of halogens is 2. The molecule has 4 N–H and O–H groups in total. The number of amides is 4. The van der Waals surface area contributed by atoms with Crippen molar-refractivity contribution in [2.45, 2.75) is 53.1 Å². The highest BCUT2D eigenvalue weighted by atomic mass is 35.5. The van der Waals surface area contributed by atoms with E-state index in [4.69, 9.17) is 37.4 Å². The summed E-state index contributed by atoms with van der Waals surface area (Å²) in [5.41, 5.74) is 0.445. The molecule has 4 amide bonds. The van der Waals surface area contributed by atoms with Gasteiger partial charge in [0.05, 0.1) is 36.2 Å². The van der Waals surface area contributed by atoms with Crippen molar-refractivity contribution in [3.8, 4) is 0 Å². The zero-order chi connectivity index (χ0) is 32.9. The van der Waals surface area contributed by atoms with Crippen molar-refractivity contribution in [1.82, 2.24) is 16.0 Å². The van der Waals surface area contributed by atoms with E-state index in [1.807, 2.05) is 0 Å². The number of ether oxygens (including phenoxy) is 3. The number of guanidine groups is 1. The lowest BCUT2D eigenvalue weighted by Gasteiger charge is -2.20. The molecule has 0 unspecified atom stereocenters. The second-order valence-electron chi connectivity index (χ2n) is 9.94. The van der Waals surface area contributed by atoms with Crippen molar-refractivity contribution in [2.24, 2.45) is 4.99 Å². The van der Waals surface area contributed by atoms with Gasteiger partial charge in [-0.2, -0.15) is 0 Å². The van der Waals surface area contributed by atoms with Gasteiger partial charge in [-0.15, -0.1) is 0 Å². The molecule has 0 saturated carbocycles. The molecule has 0 fully saturated rings. The van der Waals surface area contributed by atoms with E-state index in [2.05, 4.69) is 26.3 Å². The minimum absolute atomic E-state index is 0.0265. The number of hydrogen-bond donors (Lipinski definition) is 4. The van der Waals surface area contributed by atoms with Gasteiger partial charge >= 0.3 is 18.2 Å². The van der Waals surface area contributed by atoms with Crippen LogP contribution >= 0.6 is 23.2 Å². The molecule has 0 aliphatic carbocycles. The average Bonchev–Trinajstić information content (AvgIpc) is 2.91. The molecule has 0 spiro atoms. The zero-order valence-corrected chi connectivity index (χ0v) is 26.5. The largest absolute Gasteiger partial charge is 0.460 e. The Kier molecular flexibility index (Phi) is 13.9. The van der Waals surface area contributed by atoms with Gasteiger partial charge in [0.1, 0.15) is 5.60 Å². The van der Waals surface area contributed by atoms with Crippen molar-refractivity contribution in [3.05, 3.63) is 57.6 Å². The number of carbonyl (C=O) groups is 5. The minimum atomic E-state index is -0.864. The van der Waals surface area contributed by atoms with Crippen LogP contribution in [0.25, 0.3) is 0 Å². The Labute approximate surface area is 265 Å². The molecule has 0 saturated heterocycles. The molecule has 0 bridgehead atoms. The first-order valence-corrected chi connectivity index (χ1v) is 14.3. The lowest BCUT2D eigenvalue weighted by molar-refractivity contribution is -0.154. The molecule has 44 heavy (non-hydrogen) atoms. The van der Waals surface area contributed by atoms with Crippen molar-refractivity contribution in [3.63, 3.8) is 0 Å². The maximum atomic E-state index is 12.8. The summed E-state index contributed by atoms with van der Waals surface area (Å²) in [6.45, 7) is 8.23. The Balaban J connectivity index is 2.11. The zero-order valence-electron chi connectivity index (χ0n) is 25.0. The summed E-state index contributed by atoms with van der Waals surface area (Å²) >= 11 is 12.5. The van der Waals surface area contributed by atoms with Crippen molar-refractivity contribution < 1.29 is 38.2 Å². The van der Waals surface area contributed by atoms with E-state index in [1.165, 1.54) is 30.3 Å².